The minimum Gasteiger partial charge on any atom is -0.311 e. The van der Waals surface area contributed by atoms with Crippen LogP contribution >= 0.6 is 11.6 Å². The van der Waals surface area contributed by atoms with Gasteiger partial charge in [-0.15, -0.1) is 0 Å². The fraction of sp³-hybridized carbons (Fsp3) is 0.455. The summed E-state index contributed by atoms with van der Waals surface area (Å²) >= 11 is 5.98. The number of hydrogen-bond donors (Lipinski definition) is 1. The Morgan fingerprint density at radius 3 is 2.60 bits per heavy atom. The van der Waals surface area contributed by atoms with E-state index in [0.717, 1.165) is 30.1 Å². The van der Waals surface area contributed by atoms with Crippen LogP contribution in [-0.2, 0) is 6.54 Å². The van der Waals surface area contributed by atoms with Gasteiger partial charge in [-0.25, -0.2) is 0 Å². The molecule has 1 saturated heterocycles. The molecular formula is C22H27ClN2. The van der Waals surface area contributed by atoms with E-state index in [1.165, 1.54) is 30.4 Å². The van der Waals surface area contributed by atoms with Crippen molar-refractivity contribution in [3.05, 3.63) is 70.7 Å². The molecule has 4 atom stereocenters. The number of hydrogen-bond acceptors (Lipinski definition) is 2. The van der Waals surface area contributed by atoms with Gasteiger partial charge in [0.1, 0.15) is 0 Å². The Kier molecular flexibility index (Phi) is 5.12. The monoisotopic (exact) mass is 354 g/mol. The number of piperidine rings is 1. The molecule has 0 radical (unpaired) electrons. The average molecular weight is 355 g/mol. The van der Waals surface area contributed by atoms with E-state index in [4.69, 9.17) is 11.6 Å². The summed E-state index contributed by atoms with van der Waals surface area (Å²) in [6.07, 6.45) is 4.15. The van der Waals surface area contributed by atoms with E-state index in [1.54, 1.807) is 0 Å². The van der Waals surface area contributed by atoms with E-state index in [-0.39, 0.29) is 0 Å². The highest BCUT2D eigenvalue weighted by molar-refractivity contribution is 6.30. The molecular weight excluding hydrogens is 328 g/mol. The number of nitrogens with one attached hydrogen (secondary N) is 1. The first-order valence-corrected chi connectivity index (χ1v) is 9.87. The third kappa shape index (κ3) is 3.62. The predicted octanol–water partition coefficient (Wildman–Crippen LogP) is 5.04. The molecule has 0 amide bonds. The second-order valence-electron chi connectivity index (χ2n) is 7.59. The highest BCUT2D eigenvalue weighted by Gasteiger charge is 2.47. The van der Waals surface area contributed by atoms with Crippen molar-refractivity contribution in [2.75, 3.05) is 6.54 Å². The Balaban J connectivity index is 1.41. The van der Waals surface area contributed by atoms with E-state index >= 15 is 0 Å². The molecule has 2 nitrogen and oxygen atoms in total. The van der Waals surface area contributed by atoms with Crippen LogP contribution in [-0.4, -0.2) is 23.5 Å². The quantitative estimate of drug-likeness (QED) is 0.781. The lowest BCUT2D eigenvalue weighted by Gasteiger charge is -2.40. The zero-order valence-electron chi connectivity index (χ0n) is 14.9. The van der Waals surface area contributed by atoms with Crippen LogP contribution in [0.5, 0.6) is 0 Å². The van der Waals surface area contributed by atoms with Crippen molar-refractivity contribution in [3.63, 3.8) is 0 Å². The van der Waals surface area contributed by atoms with Gasteiger partial charge >= 0.3 is 0 Å². The number of benzene rings is 2. The maximum Gasteiger partial charge on any atom is 0.0406 e. The number of likely N-dealkylation sites (tertiary alicyclic amines) is 1. The number of fused-ring (bicyclic) bond motifs is 2. The van der Waals surface area contributed by atoms with Crippen LogP contribution in [0.3, 0.4) is 0 Å². The summed E-state index contributed by atoms with van der Waals surface area (Å²) in [5, 5.41) is 4.50. The predicted molar refractivity (Wildman–Crippen MR) is 105 cm³/mol. The average Bonchev–Trinajstić information content (AvgIpc) is 3.25. The van der Waals surface area contributed by atoms with E-state index in [2.05, 4.69) is 59.6 Å². The van der Waals surface area contributed by atoms with Gasteiger partial charge in [0.05, 0.1) is 0 Å². The van der Waals surface area contributed by atoms with Gasteiger partial charge in [-0.1, -0.05) is 54.1 Å². The lowest BCUT2D eigenvalue weighted by Crippen LogP contribution is -2.47. The van der Waals surface area contributed by atoms with Crippen molar-refractivity contribution in [1.29, 1.82) is 0 Å². The first-order valence-electron chi connectivity index (χ1n) is 9.50. The number of halogens is 1. The molecule has 1 saturated carbocycles. The Bertz CT molecular complexity index is 685. The summed E-state index contributed by atoms with van der Waals surface area (Å²) in [6.45, 7) is 4.36. The molecule has 2 aromatic carbocycles. The Hall–Kier alpha value is -1.35. The standard InChI is InChI=1S/C22H27ClN2/c1-16(18-5-3-2-4-6-18)25-21-12-9-19(13-21)22(25)15-24-14-17-7-10-20(23)11-8-17/h2-8,10-11,16,19,21-22,24H,9,12-15H2,1H3/t16-,19+,21-,22-/m0/s1. The third-order valence-electron chi connectivity index (χ3n) is 6.12. The van der Waals surface area contributed by atoms with Gasteiger partial charge in [-0.05, 0) is 55.4 Å². The molecule has 0 unspecified atom stereocenters. The number of rotatable bonds is 6. The summed E-state index contributed by atoms with van der Waals surface area (Å²) in [5.41, 5.74) is 2.74. The molecule has 2 bridgehead atoms. The second kappa shape index (κ2) is 7.49. The van der Waals surface area contributed by atoms with Gasteiger partial charge in [0.15, 0.2) is 0 Å². The molecule has 1 heterocycles. The van der Waals surface area contributed by atoms with Crippen LogP contribution in [0.25, 0.3) is 0 Å². The van der Waals surface area contributed by atoms with Crippen molar-refractivity contribution < 1.29 is 0 Å². The molecule has 4 rings (SSSR count). The van der Waals surface area contributed by atoms with Crippen molar-refractivity contribution in [2.45, 2.75) is 50.9 Å². The zero-order valence-corrected chi connectivity index (χ0v) is 15.6. The second-order valence-corrected chi connectivity index (χ2v) is 8.02. The molecule has 0 spiro atoms. The molecule has 132 valence electrons. The molecule has 2 aliphatic rings. The van der Waals surface area contributed by atoms with E-state index in [1.807, 2.05) is 12.1 Å². The molecule has 25 heavy (non-hydrogen) atoms. The van der Waals surface area contributed by atoms with Gasteiger partial charge in [-0.2, -0.15) is 0 Å². The summed E-state index contributed by atoms with van der Waals surface area (Å²) in [4.78, 5) is 2.79. The van der Waals surface area contributed by atoms with Crippen molar-refractivity contribution in [2.24, 2.45) is 5.92 Å². The third-order valence-corrected chi connectivity index (χ3v) is 6.37. The highest BCUT2D eigenvalue weighted by Crippen LogP contribution is 2.46. The van der Waals surface area contributed by atoms with Crippen LogP contribution in [0, 0.1) is 5.92 Å². The molecule has 3 heteroatoms. The van der Waals surface area contributed by atoms with Crippen LogP contribution < -0.4 is 5.32 Å². The molecule has 1 aliphatic carbocycles. The molecule has 0 aromatic heterocycles. The fourth-order valence-electron chi connectivity index (χ4n) is 4.87. The maximum absolute atomic E-state index is 5.98. The SMILES string of the molecule is C[C@@H](c1ccccc1)N1[C@H]2CC[C@H](C2)[C@@H]1CNCc1ccc(Cl)cc1. The summed E-state index contributed by atoms with van der Waals surface area (Å²) in [6, 6.07) is 21.1. The molecule has 2 aromatic rings. The van der Waals surface area contributed by atoms with E-state index in [9.17, 15) is 0 Å². The van der Waals surface area contributed by atoms with Gasteiger partial charge in [0.2, 0.25) is 0 Å². The summed E-state index contributed by atoms with van der Waals surface area (Å²) in [5.74, 6) is 0.855. The Morgan fingerprint density at radius 1 is 1.08 bits per heavy atom. The van der Waals surface area contributed by atoms with Crippen LogP contribution in [0.4, 0.5) is 0 Å². The maximum atomic E-state index is 5.98. The van der Waals surface area contributed by atoms with Crippen LogP contribution in [0.15, 0.2) is 54.6 Å². The van der Waals surface area contributed by atoms with Crippen molar-refractivity contribution in [3.8, 4) is 0 Å². The van der Waals surface area contributed by atoms with Gasteiger partial charge in [0, 0.05) is 36.2 Å². The van der Waals surface area contributed by atoms with Gasteiger partial charge < -0.3 is 5.32 Å². The zero-order chi connectivity index (χ0) is 17.2. The smallest absolute Gasteiger partial charge is 0.0406 e. The van der Waals surface area contributed by atoms with Crippen LogP contribution in [0.2, 0.25) is 5.02 Å². The summed E-state index contributed by atoms with van der Waals surface area (Å²) in [7, 11) is 0. The first-order chi connectivity index (χ1) is 12.2. The highest BCUT2D eigenvalue weighted by atomic mass is 35.5. The molecule has 1 aliphatic heterocycles. The Labute approximate surface area is 156 Å². The minimum atomic E-state index is 0.499. The molecule has 2 fully saturated rings. The first kappa shape index (κ1) is 17.1. The van der Waals surface area contributed by atoms with E-state index in [0.29, 0.717) is 12.1 Å². The van der Waals surface area contributed by atoms with Gasteiger partial charge in [-0.3, -0.25) is 4.90 Å². The fourth-order valence-corrected chi connectivity index (χ4v) is 5.00. The van der Waals surface area contributed by atoms with Crippen molar-refractivity contribution >= 4 is 11.6 Å². The minimum absolute atomic E-state index is 0.499. The normalized spacial score (nSPS) is 26.9. The summed E-state index contributed by atoms with van der Waals surface area (Å²) < 4.78 is 0. The lowest BCUT2D eigenvalue weighted by molar-refractivity contribution is 0.0926. The lowest BCUT2D eigenvalue weighted by atomic mass is 9.95. The van der Waals surface area contributed by atoms with E-state index < -0.39 is 0 Å². The molecule has 1 N–H and O–H groups in total. The topological polar surface area (TPSA) is 15.3 Å². The number of nitrogens with zero attached hydrogens (tertiary/aromatic N) is 1. The van der Waals surface area contributed by atoms with Crippen molar-refractivity contribution in [1.82, 2.24) is 10.2 Å². The largest absolute Gasteiger partial charge is 0.311 e. The Morgan fingerprint density at radius 2 is 1.84 bits per heavy atom. The van der Waals surface area contributed by atoms with Crippen LogP contribution in [0.1, 0.15) is 43.4 Å². The van der Waals surface area contributed by atoms with Gasteiger partial charge in [0.25, 0.3) is 0 Å².